The third kappa shape index (κ3) is 5.27. The molecule has 2 atom stereocenters. The average molecular weight is 370 g/mol. The molecule has 0 aliphatic heterocycles. The molecule has 0 aliphatic carbocycles. The van der Waals surface area contributed by atoms with Crippen LogP contribution in [0.5, 0.6) is 0 Å². The smallest absolute Gasteiger partial charge is 0.307 e. The van der Waals surface area contributed by atoms with Gasteiger partial charge in [0, 0.05) is 30.1 Å². The molecule has 10 heteroatoms. The van der Waals surface area contributed by atoms with Gasteiger partial charge in [0.05, 0.1) is 11.6 Å². The number of aromatic nitrogens is 3. The summed E-state index contributed by atoms with van der Waals surface area (Å²) >= 11 is 0. The molecule has 6 N–H and O–H groups in total. The van der Waals surface area contributed by atoms with E-state index >= 15 is 0 Å². The molecule has 0 spiro atoms. The van der Waals surface area contributed by atoms with Gasteiger partial charge in [0.1, 0.15) is 5.84 Å². The SMILES string of the molecule is CCC[C@H](C(=O)O)[C@H](Cc1ccc(-c2cnc(N)nc2)nc1)C(=N)N=NN. The van der Waals surface area contributed by atoms with E-state index < -0.39 is 17.8 Å². The summed E-state index contributed by atoms with van der Waals surface area (Å²) in [5, 5.41) is 24.3. The lowest BCUT2D eigenvalue weighted by Gasteiger charge is -2.22. The Labute approximate surface area is 156 Å². The van der Waals surface area contributed by atoms with Crippen molar-refractivity contribution in [1.29, 1.82) is 5.41 Å². The highest BCUT2D eigenvalue weighted by Crippen LogP contribution is 2.25. The van der Waals surface area contributed by atoms with E-state index in [1.165, 1.54) is 0 Å². The van der Waals surface area contributed by atoms with E-state index in [1.54, 1.807) is 24.7 Å². The number of hydrogen-bond acceptors (Lipinski definition) is 7. The summed E-state index contributed by atoms with van der Waals surface area (Å²) in [5.41, 5.74) is 7.63. The van der Waals surface area contributed by atoms with Crippen LogP contribution in [0.2, 0.25) is 0 Å². The summed E-state index contributed by atoms with van der Waals surface area (Å²) in [4.78, 5) is 23.9. The molecule has 2 aromatic heterocycles. The molecule has 2 heterocycles. The minimum absolute atomic E-state index is 0.158. The normalized spacial score (nSPS) is 13.4. The van der Waals surface area contributed by atoms with Crippen molar-refractivity contribution < 1.29 is 9.90 Å². The fourth-order valence-electron chi connectivity index (χ4n) is 2.81. The number of pyridine rings is 1. The number of nitrogens with zero attached hydrogens (tertiary/aromatic N) is 5. The van der Waals surface area contributed by atoms with Crippen LogP contribution in [-0.4, -0.2) is 31.9 Å². The quantitative estimate of drug-likeness (QED) is 0.181. The molecule has 0 amide bonds. The summed E-state index contributed by atoms with van der Waals surface area (Å²) in [5.74, 6) is 2.69. The molecular weight excluding hydrogens is 348 g/mol. The monoisotopic (exact) mass is 370 g/mol. The number of hydrogen-bond donors (Lipinski definition) is 4. The Morgan fingerprint density at radius 1 is 1.22 bits per heavy atom. The molecule has 0 fully saturated rings. The van der Waals surface area contributed by atoms with Gasteiger partial charge in [0.25, 0.3) is 0 Å². The summed E-state index contributed by atoms with van der Waals surface area (Å²) in [7, 11) is 0. The zero-order valence-electron chi connectivity index (χ0n) is 14.9. The first kappa shape index (κ1) is 19.9. The van der Waals surface area contributed by atoms with Crippen LogP contribution in [0.15, 0.2) is 41.1 Å². The van der Waals surface area contributed by atoms with Crippen LogP contribution >= 0.6 is 0 Å². The Hall–Kier alpha value is -3.43. The fourth-order valence-corrected chi connectivity index (χ4v) is 2.81. The standard InChI is InChI=1S/C17H22N8O2/c1-2-3-12(16(26)27)13(15(18)24-25-20)6-10-4-5-14(21-7-10)11-8-22-17(19)23-9-11/h4-5,7-9,12-13H,2-3,6H2,1H3,(H,26,27)(H3,18,20,24)(H2,19,22,23)/t12-,13-/m0/s1. The van der Waals surface area contributed by atoms with Gasteiger partial charge in [-0.05, 0) is 24.5 Å². The van der Waals surface area contributed by atoms with Crippen molar-refractivity contribution in [3.8, 4) is 11.3 Å². The Morgan fingerprint density at radius 3 is 2.44 bits per heavy atom. The third-order valence-corrected chi connectivity index (χ3v) is 4.17. The van der Waals surface area contributed by atoms with Crippen molar-refractivity contribution in [2.45, 2.75) is 26.2 Å². The Balaban J connectivity index is 2.24. The van der Waals surface area contributed by atoms with E-state index in [0.717, 1.165) is 5.56 Å². The van der Waals surface area contributed by atoms with Gasteiger partial charge in [-0.3, -0.25) is 15.2 Å². The van der Waals surface area contributed by atoms with Crippen LogP contribution in [-0.2, 0) is 11.2 Å². The van der Waals surface area contributed by atoms with Crippen LogP contribution in [0.25, 0.3) is 11.3 Å². The first-order valence-electron chi connectivity index (χ1n) is 8.41. The van der Waals surface area contributed by atoms with Crippen molar-refractivity contribution in [3.63, 3.8) is 0 Å². The first-order chi connectivity index (χ1) is 13.0. The number of anilines is 1. The summed E-state index contributed by atoms with van der Waals surface area (Å²) in [6.07, 6.45) is 6.18. The van der Waals surface area contributed by atoms with E-state index in [0.29, 0.717) is 30.5 Å². The lowest BCUT2D eigenvalue weighted by Crippen LogP contribution is -2.30. The minimum atomic E-state index is -0.970. The highest BCUT2D eigenvalue weighted by Gasteiger charge is 2.31. The van der Waals surface area contributed by atoms with Gasteiger partial charge in [-0.15, -0.1) is 5.11 Å². The molecule has 142 valence electrons. The van der Waals surface area contributed by atoms with Crippen molar-refractivity contribution in [2.75, 3.05) is 5.73 Å². The zero-order valence-corrected chi connectivity index (χ0v) is 14.9. The number of amidine groups is 1. The maximum atomic E-state index is 11.7. The van der Waals surface area contributed by atoms with Gasteiger partial charge in [-0.25, -0.2) is 9.97 Å². The predicted molar refractivity (Wildman–Crippen MR) is 99.7 cm³/mol. The van der Waals surface area contributed by atoms with Gasteiger partial charge in [-0.2, -0.15) is 0 Å². The molecule has 0 aromatic carbocycles. The molecule has 0 unspecified atom stereocenters. The van der Waals surface area contributed by atoms with Gasteiger partial charge in [-0.1, -0.05) is 24.6 Å². The number of carboxylic acids is 1. The molecule has 10 nitrogen and oxygen atoms in total. The molecule has 27 heavy (non-hydrogen) atoms. The summed E-state index contributed by atoms with van der Waals surface area (Å²) in [6, 6.07) is 3.61. The summed E-state index contributed by atoms with van der Waals surface area (Å²) < 4.78 is 0. The maximum absolute atomic E-state index is 11.7. The van der Waals surface area contributed by atoms with Crippen LogP contribution in [0.3, 0.4) is 0 Å². The minimum Gasteiger partial charge on any atom is -0.481 e. The van der Waals surface area contributed by atoms with Crippen molar-refractivity contribution in [1.82, 2.24) is 15.0 Å². The van der Waals surface area contributed by atoms with Gasteiger partial charge >= 0.3 is 5.97 Å². The molecule has 0 bridgehead atoms. The first-order valence-corrected chi connectivity index (χ1v) is 8.41. The molecule has 0 saturated carbocycles. The lowest BCUT2D eigenvalue weighted by atomic mass is 9.83. The predicted octanol–water partition coefficient (Wildman–Crippen LogP) is 2.08. The highest BCUT2D eigenvalue weighted by molar-refractivity contribution is 5.87. The Kier molecular flexibility index (Phi) is 6.86. The maximum Gasteiger partial charge on any atom is 0.307 e. The molecule has 0 aliphatic rings. The van der Waals surface area contributed by atoms with E-state index in [4.69, 9.17) is 17.0 Å². The Bertz CT molecular complexity index is 805. The van der Waals surface area contributed by atoms with Gasteiger partial charge in [0.15, 0.2) is 0 Å². The topological polar surface area (TPSA) is 177 Å². The molecule has 0 radical (unpaired) electrons. The number of carboxylic acid groups (broad SMARTS) is 1. The number of nitrogens with two attached hydrogens (primary N) is 2. The van der Waals surface area contributed by atoms with Crippen molar-refractivity contribution in [2.24, 2.45) is 28.0 Å². The van der Waals surface area contributed by atoms with E-state index in [1.807, 2.05) is 13.0 Å². The Morgan fingerprint density at radius 2 is 1.93 bits per heavy atom. The number of nitrogens with one attached hydrogen (secondary N) is 1. The van der Waals surface area contributed by atoms with E-state index in [9.17, 15) is 9.90 Å². The van der Waals surface area contributed by atoms with Gasteiger partial charge < -0.3 is 16.7 Å². The van der Waals surface area contributed by atoms with E-state index in [-0.39, 0.29) is 11.8 Å². The molecule has 0 saturated heterocycles. The van der Waals surface area contributed by atoms with Crippen LogP contribution in [0.1, 0.15) is 25.3 Å². The molecular formula is C17H22N8O2. The number of aliphatic carboxylic acids is 1. The van der Waals surface area contributed by atoms with E-state index in [2.05, 4.69) is 25.3 Å². The fraction of sp³-hybridized carbons (Fsp3) is 0.353. The van der Waals surface area contributed by atoms with Crippen LogP contribution < -0.4 is 11.6 Å². The van der Waals surface area contributed by atoms with Crippen LogP contribution in [0, 0.1) is 17.2 Å². The molecule has 2 aromatic rings. The highest BCUT2D eigenvalue weighted by atomic mass is 16.4. The molecule has 2 rings (SSSR count). The second kappa shape index (κ2) is 9.32. The largest absolute Gasteiger partial charge is 0.481 e. The second-order valence-corrected chi connectivity index (χ2v) is 6.03. The lowest BCUT2D eigenvalue weighted by molar-refractivity contribution is -0.143. The third-order valence-electron chi connectivity index (χ3n) is 4.17. The zero-order chi connectivity index (χ0) is 19.8. The van der Waals surface area contributed by atoms with Crippen molar-refractivity contribution >= 4 is 17.8 Å². The number of carbonyl (C=O) groups is 1. The van der Waals surface area contributed by atoms with Crippen LogP contribution in [0.4, 0.5) is 5.95 Å². The van der Waals surface area contributed by atoms with Gasteiger partial charge in [0.2, 0.25) is 5.95 Å². The average Bonchev–Trinajstić information content (AvgIpc) is 2.66. The number of nitrogen functional groups attached to an aromatic ring is 1. The number of rotatable bonds is 8. The second-order valence-electron chi connectivity index (χ2n) is 6.03. The van der Waals surface area contributed by atoms with Crippen molar-refractivity contribution in [3.05, 3.63) is 36.3 Å². The summed E-state index contributed by atoms with van der Waals surface area (Å²) in [6.45, 7) is 1.89.